The van der Waals surface area contributed by atoms with Crippen LogP contribution in [0.25, 0.3) is 0 Å². The molecule has 1 heterocycles. The zero-order valence-corrected chi connectivity index (χ0v) is 13.3. The van der Waals surface area contributed by atoms with Crippen molar-refractivity contribution in [3.8, 4) is 0 Å². The number of amides is 1. The van der Waals surface area contributed by atoms with E-state index >= 15 is 0 Å². The Morgan fingerprint density at radius 3 is 2.50 bits per heavy atom. The average molecular weight is 315 g/mol. The molecular formula is C15H20Cl2N2O. The summed E-state index contributed by atoms with van der Waals surface area (Å²) in [7, 11) is 0. The minimum atomic E-state index is -0.0156. The standard InChI is InChI=1S/C15H20Cl2N2O/c1-10(2)19(9-14-4-3-5-18-14)15(20)11-6-12(16)8-13(17)7-11/h6-8,10,14,18H,3-5,9H2,1-2H3. The highest BCUT2D eigenvalue weighted by Gasteiger charge is 2.24. The van der Waals surface area contributed by atoms with Crippen molar-refractivity contribution in [1.29, 1.82) is 0 Å². The molecule has 0 radical (unpaired) electrons. The van der Waals surface area contributed by atoms with Gasteiger partial charge in [0.05, 0.1) is 0 Å². The zero-order chi connectivity index (χ0) is 14.7. The number of rotatable bonds is 4. The molecule has 1 atom stereocenters. The summed E-state index contributed by atoms with van der Waals surface area (Å²) in [4.78, 5) is 14.5. The normalized spacial score (nSPS) is 18.6. The first-order chi connectivity index (χ1) is 9.47. The van der Waals surface area contributed by atoms with E-state index < -0.39 is 0 Å². The Bertz CT molecular complexity index is 465. The number of benzene rings is 1. The number of hydrogen-bond acceptors (Lipinski definition) is 2. The van der Waals surface area contributed by atoms with Crippen LogP contribution in [-0.2, 0) is 0 Å². The van der Waals surface area contributed by atoms with Crippen molar-refractivity contribution in [3.63, 3.8) is 0 Å². The maximum absolute atomic E-state index is 12.7. The molecule has 1 amide bonds. The number of carbonyl (C=O) groups is 1. The predicted octanol–water partition coefficient (Wildman–Crippen LogP) is 3.60. The molecule has 0 aromatic heterocycles. The van der Waals surface area contributed by atoms with Crippen molar-refractivity contribution >= 4 is 29.1 Å². The predicted molar refractivity (Wildman–Crippen MR) is 83.7 cm³/mol. The van der Waals surface area contributed by atoms with E-state index in [2.05, 4.69) is 5.32 Å². The monoisotopic (exact) mass is 314 g/mol. The molecule has 1 aliphatic rings. The third-order valence-corrected chi connectivity index (χ3v) is 4.01. The summed E-state index contributed by atoms with van der Waals surface area (Å²) in [6.07, 6.45) is 2.29. The van der Waals surface area contributed by atoms with Gasteiger partial charge in [0.15, 0.2) is 0 Å². The molecule has 110 valence electrons. The molecular weight excluding hydrogens is 295 g/mol. The zero-order valence-electron chi connectivity index (χ0n) is 11.8. The molecule has 1 N–H and O–H groups in total. The fourth-order valence-corrected chi connectivity index (χ4v) is 3.05. The lowest BCUT2D eigenvalue weighted by Crippen LogP contribution is -2.44. The van der Waals surface area contributed by atoms with Gasteiger partial charge in [0.25, 0.3) is 5.91 Å². The summed E-state index contributed by atoms with van der Waals surface area (Å²) in [6.45, 7) is 5.81. The molecule has 2 rings (SSSR count). The van der Waals surface area contributed by atoms with Crippen molar-refractivity contribution in [3.05, 3.63) is 33.8 Å². The summed E-state index contributed by atoms with van der Waals surface area (Å²) >= 11 is 12.0. The fourth-order valence-electron chi connectivity index (χ4n) is 2.52. The van der Waals surface area contributed by atoms with Crippen LogP contribution in [0.2, 0.25) is 10.0 Å². The Kier molecular flexibility index (Phi) is 5.30. The Labute approximate surface area is 130 Å². The molecule has 20 heavy (non-hydrogen) atoms. The Morgan fingerprint density at radius 2 is 2.00 bits per heavy atom. The van der Waals surface area contributed by atoms with E-state index in [4.69, 9.17) is 23.2 Å². The summed E-state index contributed by atoms with van der Waals surface area (Å²) in [5.41, 5.74) is 0.550. The molecule has 0 saturated carbocycles. The quantitative estimate of drug-likeness (QED) is 0.921. The number of carbonyl (C=O) groups excluding carboxylic acids is 1. The van der Waals surface area contributed by atoms with Gasteiger partial charge in [-0.2, -0.15) is 0 Å². The maximum Gasteiger partial charge on any atom is 0.254 e. The number of nitrogens with one attached hydrogen (secondary N) is 1. The van der Waals surface area contributed by atoms with Gasteiger partial charge in [0, 0.05) is 34.2 Å². The second-order valence-electron chi connectivity index (χ2n) is 5.50. The lowest BCUT2D eigenvalue weighted by atomic mass is 10.1. The van der Waals surface area contributed by atoms with Crippen LogP contribution in [-0.4, -0.2) is 36.0 Å². The van der Waals surface area contributed by atoms with Crippen molar-refractivity contribution in [2.24, 2.45) is 0 Å². The molecule has 1 aromatic rings. The van der Waals surface area contributed by atoms with Crippen LogP contribution in [0.4, 0.5) is 0 Å². The summed E-state index contributed by atoms with van der Waals surface area (Å²) in [5.74, 6) is -0.0156. The fraction of sp³-hybridized carbons (Fsp3) is 0.533. The molecule has 0 bridgehead atoms. The molecule has 1 fully saturated rings. The minimum Gasteiger partial charge on any atom is -0.335 e. The summed E-state index contributed by atoms with van der Waals surface area (Å²) < 4.78 is 0. The number of halogens is 2. The van der Waals surface area contributed by atoms with Gasteiger partial charge in [-0.05, 0) is 51.4 Å². The largest absolute Gasteiger partial charge is 0.335 e. The van der Waals surface area contributed by atoms with E-state index in [0.29, 0.717) is 21.7 Å². The van der Waals surface area contributed by atoms with E-state index in [0.717, 1.165) is 19.5 Å². The van der Waals surface area contributed by atoms with Crippen LogP contribution >= 0.6 is 23.2 Å². The van der Waals surface area contributed by atoms with Gasteiger partial charge in [-0.1, -0.05) is 23.2 Å². The van der Waals surface area contributed by atoms with E-state index in [1.165, 1.54) is 6.42 Å². The SMILES string of the molecule is CC(C)N(CC1CCCN1)C(=O)c1cc(Cl)cc(Cl)c1. The number of nitrogens with zero attached hydrogens (tertiary/aromatic N) is 1. The van der Waals surface area contributed by atoms with Crippen LogP contribution in [0, 0.1) is 0 Å². The van der Waals surface area contributed by atoms with E-state index in [9.17, 15) is 4.79 Å². The van der Waals surface area contributed by atoms with Crippen LogP contribution < -0.4 is 5.32 Å². The van der Waals surface area contributed by atoms with Crippen LogP contribution in [0.15, 0.2) is 18.2 Å². The van der Waals surface area contributed by atoms with Crippen molar-refractivity contribution in [2.45, 2.75) is 38.8 Å². The lowest BCUT2D eigenvalue weighted by Gasteiger charge is -2.29. The topological polar surface area (TPSA) is 32.3 Å². The Balaban J connectivity index is 2.17. The summed E-state index contributed by atoms with van der Waals surface area (Å²) in [5, 5.41) is 4.40. The van der Waals surface area contributed by atoms with E-state index in [1.807, 2.05) is 18.7 Å². The molecule has 1 aliphatic heterocycles. The number of hydrogen-bond donors (Lipinski definition) is 1. The third kappa shape index (κ3) is 3.87. The van der Waals surface area contributed by atoms with Gasteiger partial charge in [-0.25, -0.2) is 0 Å². The average Bonchev–Trinajstić information content (AvgIpc) is 2.86. The van der Waals surface area contributed by atoms with Gasteiger partial charge in [0.1, 0.15) is 0 Å². The van der Waals surface area contributed by atoms with Crippen molar-refractivity contribution < 1.29 is 4.79 Å². The third-order valence-electron chi connectivity index (χ3n) is 3.57. The summed E-state index contributed by atoms with van der Waals surface area (Å²) in [6, 6.07) is 5.51. The Hall–Kier alpha value is -0.770. The molecule has 1 aromatic carbocycles. The molecule has 0 spiro atoms. The first kappa shape index (κ1) is 15.6. The van der Waals surface area contributed by atoms with Gasteiger partial charge in [-0.3, -0.25) is 4.79 Å². The second-order valence-corrected chi connectivity index (χ2v) is 6.38. The van der Waals surface area contributed by atoms with Crippen LogP contribution in [0.5, 0.6) is 0 Å². The highest BCUT2D eigenvalue weighted by atomic mass is 35.5. The highest BCUT2D eigenvalue weighted by molar-refractivity contribution is 6.35. The lowest BCUT2D eigenvalue weighted by molar-refractivity contribution is 0.0689. The first-order valence-electron chi connectivity index (χ1n) is 6.98. The molecule has 5 heteroatoms. The Morgan fingerprint density at radius 1 is 1.35 bits per heavy atom. The van der Waals surface area contributed by atoms with Crippen LogP contribution in [0.3, 0.4) is 0 Å². The van der Waals surface area contributed by atoms with E-state index in [-0.39, 0.29) is 11.9 Å². The van der Waals surface area contributed by atoms with Crippen molar-refractivity contribution in [2.75, 3.05) is 13.1 Å². The molecule has 3 nitrogen and oxygen atoms in total. The highest BCUT2D eigenvalue weighted by Crippen LogP contribution is 2.21. The molecule has 0 aliphatic carbocycles. The molecule has 1 unspecified atom stereocenters. The van der Waals surface area contributed by atoms with Gasteiger partial charge in [-0.15, -0.1) is 0 Å². The van der Waals surface area contributed by atoms with Gasteiger partial charge < -0.3 is 10.2 Å². The second kappa shape index (κ2) is 6.79. The van der Waals surface area contributed by atoms with Crippen molar-refractivity contribution in [1.82, 2.24) is 10.2 Å². The first-order valence-corrected chi connectivity index (χ1v) is 7.73. The smallest absolute Gasteiger partial charge is 0.254 e. The van der Waals surface area contributed by atoms with E-state index in [1.54, 1.807) is 18.2 Å². The minimum absolute atomic E-state index is 0.0156. The van der Waals surface area contributed by atoms with Gasteiger partial charge in [0.2, 0.25) is 0 Å². The van der Waals surface area contributed by atoms with Crippen LogP contribution in [0.1, 0.15) is 37.0 Å². The van der Waals surface area contributed by atoms with Gasteiger partial charge >= 0.3 is 0 Å². The maximum atomic E-state index is 12.7. The molecule has 1 saturated heterocycles.